The first-order valence-corrected chi connectivity index (χ1v) is 4.68. The number of rotatable bonds is 2. The van der Waals surface area contributed by atoms with Crippen LogP contribution < -0.4 is 10.5 Å². The maximum atomic E-state index is 11.9. The highest BCUT2D eigenvalue weighted by molar-refractivity contribution is 5.96. The largest absolute Gasteiger partial charge is 0.495 e. The van der Waals surface area contributed by atoms with Gasteiger partial charge >= 0.3 is 0 Å². The molecule has 0 aliphatic rings. The van der Waals surface area contributed by atoms with Crippen LogP contribution in [0.15, 0.2) is 36.9 Å². The van der Waals surface area contributed by atoms with E-state index in [2.05, 4.69) is 4.98 Å². The first kappa shape index (κ1) is 10.2. The molecule has 0 unspecified atom stereocenters. The predicted octanol–water partition coefficient (Wildman–Crippen LogP) is 1.16. The van der Waals surface area contributed by atoms with Crippen LogP contribution in [0.4, 0.5) is 5.69 Å². The van der Waals surface area contributed by atoms with Crippen LogP contribution in [0.5, 0.6) is 5.75 Å². The van der Waals surface area contributed by atoms with Gasteiger partial charge in [0.25, 0.3) is 5.91 Å². The van der Waals surface area contributed by atoms with Gasteiger partial charge in [0.05, 0.1) is 12.8 Å². The van der Waals surface area contributed by atoms with Crippen LogP contribution in [-0.2, 0) is 0 Å². The standard InChI is InChI=1S/C11H11N3O2/c1-16-10-3-2-8(6-9(10)12)11(15)14-5-4-13-7-14/h2-7H,12H2,1H3. The molecule has 5 heteroatoms. The summed E-state index contributed by atoms with van der Waals surface area (Å²) in [5.41, 5.74) is 6.66. The Labute approximate surface area is 92.5 Å². The maximum Gasteiger partial charge on any atom is 0.263 e. The summed E-state index contributed by atoms with van der Waals surface area (Å²) in [5, 5.41) is 0. The molecule has 0 fully saturated rings. The van der Waals surface area contributed by atoms with Gasteiger partial charge in [0.2, 0.25) is 0 Å². The van der Waals surface area contributed by atoms with E-state index >= 15 is 0 Å². The minimum atomic E-state index is -0.174. The third-order valence-electron chi connectivity index (χ3n) is 2.22. The molecule has 82 valence electrons. The Morgan fingerprint density at radius 3 is 2.88 bits per heavy atom. The van der Waals surface area contributed by atoms with E-state index in [0.717, 1.165) is 0 Å². The van der Waals surface area contributed by atoms with Crippen LogP contribution in [0.2, 0.25) is 0 Å². The minimum Gasteiger partial charge on any atom is -0.495 e. The predicted molar refractivity (Wildman–Crippen MR) is 59.4 cm³/mol. The van der Waals surface area contributed by atoms with E-state index in [4.69, 9.17) is 10.5 Å². The number of hydrogen-bond acceptors (Lipinski definition) is 4. The van der Waals surface area contributed by atoms with Gasteiger partial charge in [-0.3, -0.25) is 9.36 Å². The summed E-state index contributed by atoms with van der Waals surface area (Å²) >= 11 is 0. The fourth-order valence-corrected chi connectivity index (χ4v) is 1.40. The molecule has 0 amide bonds. The highest BCUT2D eigenvalue weighted by Crippen LogP contribution is 2.22. The molecule has 2 N–H and O–H groups in total. The second-order valence-corrected chi connectivity index (χ2v) is 3.23. The molecule has 1 heterocycles. The zero-order chi connectivity index (χ0) is 11.5. The quantitative estimate of drug-likeness (QED) is 0.766. The molecule has 0 spiro atoms. The van der Waals surface area contributed by atoms with Crippen molar-refractivity contribution in [1.29, 1.82) is 0 Å². The van der Waals surface area contributed by atoms with Crippen molar-refractivity contribution in [1.82, 2.24) is 9.55 Å². The molecule has 0 aliphatic carbocycles. The highest BCUT2D eigenvalue weighted by Gasteiger charge is 2.09. The second kappa shape index (κ2) is 4.06. The van der Waals surface area contributed by atoms with Crippen molar-refractivity contribution < 1.29 is 9.53 Å². The number of imidazole rings is 1. The van der Waals surface area contributed by atoms with Crippen molar-refractivity contribution in [2.45, 2.75) is 0 Å². The molecule has 0 aliphatic heterocycles. The minimum absolute atomic E-state index is 0.174. The van der Waals surface area contributed by atoms with Crippen LogP contribution in [0.3, 0.4) is 0 Å². The van der Waals surface area contributed by atoms with Gasteiger partial charge in [0.15, 0.2) is 0 Å². The molecular weight excluding hydrogens is 206 g/mol. The van der Waals surface area contributed by atoms with E-state index < -0.39 is 0 Å². The summed E-state index contributed by atoms with van der Waals surface area (Å²) in [4.78, 5) is 15.7. The molecule has 0 saturated carbocycles. The lowest BCUT2D eigenvalue weighted by atomic mass is 10.2. The van der Waals surface area contributed by atoms with Crippen molar-refractivity contribution in [3.8, 4) is 5.75 Å². The van der Waals surface area contributed by atoms with Crippen LogP contribution in [-0.4, -0.2) is 22.6 Å². The van der Waals surface area contributed by atoms with Gasteiger partial charge in [-0.25, -0.2) is 4.98 Å². The first-order valence-electron chi connectivity index (χ1n) is 4.68. The van der Waals surface area contributed by atoms with Crippen LogP contribution in [0, 0.1) is 0 Å². The smallest absolute Gasteiger partial charge is 0.263 e. The van der Waals surface area contributed by atoms with E-state index in [0.29, 0.717) is 17.0 Å². The molecule has 16 heavy (non-hydrogen) atoms. The lowest BCUT2D eigenvalue weighted by molar-refractivity contribution is 0.0960. The zero-order valence-corrected chi connectivity index (χ0v) is 8.75. The Balaban J connectivity index is 2.35. The molecular formula is C11H11N3O2. The number of carbonyl (C=O) groups excluding carboxylic acids is 1. The lowest BCUT2D eigenvalue weighted by Gasteiger charge is -2.06. The van der Waals surface area contributed by atoms with Crippen LogP contribution in [0.25, 0.3) is 0 Å². The Morgan fingerprint density at radius 1 is 1.50 bits per heavy atom. The molecule has 5 nitrogen and oxygen atoms in total. The monoisotopic (exact) mass is 217 g/mol. The summed E-state index contributed by atoms with van der Waals surface area (Å²) < 4.78 is 6.41. The Bertz CT molecular complexity index is 506. The van der Waals surface area contributed by atoms with Gasteiger partial charge in [-0.05, 0) is 18.2 Å². The number of carbonyl (C=O) groups is 1. The first-order chi connectivity index (χ1) is 7.72. The molecule has 0 bridgehead atoms. The van der Waals surface area contributed by atoms with Crippen LogP contribution >= 0.6 is 0 Å². The molecule has 2 aromatic rings. The number of ether oxygens (including phenoxy) is 1. The van der Waals surface area contributed by atoms with E-state index in [1.54, 1.807) is 30.6 Å². The Morgan fingerprint density at radius 2 is 2.31 bits per heavy atom. The number of hydrogen-bond donors (Lipinski definition) is 1. The topological polar surface area (TPSA) is 70.1 Å². The van der Waals surface area contributed by atoms with E-state index in [1.165, 1.54) is 18.0 Å². The third-order valence-corrected chi connectivity index (χ3v) is 2.22. The van der Waals surface area contributed by atoms with Gasteiger partial charge in [-0.1, -0.05) is 0 Å². The molecule has 1 aromatic carbocycles. The van der Waals surface area contributed by atoms with Crippen molar-refractivity contribution in [3.63, 3.8) is 0 Å². The van der Waals surface area contributed by atoms with Gasteiger partial charge in [-0.15, -0.1) is 0 Å². The zero-order valence-electron chi connectivity index (χ0n) is 8.75. The summed E-state index contributed by atoms with van der Waals surface area (Å²) in [5.74, 6) is 0.383. The number of anilines is 1. The number of aromatic nitrogens is 2. The summed E-state index contributed by atoms with van der Waals surface area (Å²) in [6.07, 6.45) is 4.58. The average molecular weight is 217 g/mol. The molecule has 0 atom stereocenters. The van der Waals surface area contributed by atoms with Crippen molar-refractivity contribution in [2.24, 2.45) is 0 Å². The van der Waals surface area contributed by atoms with Gasteiger partial charge < -0.3 is 10.5 Å². The van der Waals surface area contributed by atoms with Gasteiger partial charge in [0.1, 0.15) is 12.1 Å². The Kier molecular flexibility index (Phi) is 2.59. The average Bonchev–Trinajstić information content (AvgIpc) is 2.81. The summed E-state index contributed by atoms with van der Waals surface area (Å²) in [6.45, 7) is 0. The molecule has 2 rings (SSSR count). The number of methoxy groups -OCH3 is 1. The van der Waals surface area contributed by atoms with Crippen LogP contribution in [0.1, 0.15) is 10.4 Å². The number of nitrogens with two attached hydrogens (primary N) is 1. The van der Waals surface area contributed by atoms with Crippen molar-refractivity contribution >= 4 is 11.6 Å². The number of benzene rings is 1. The van der Waals surface area contributed by atoms with E-state index in [-0.39, 0.29) is 5.91 Å². The number of nitrogen functional groups attached to an aromatic ring is 1. The van der Waals surface area contributed by atoms with Crippen molar-refractivity contribution in [2.75, 3.05) is 12.8 Å². The summed E-state index contributed by atoms with van der Waals surface area (Å²) in [7, 11) is 1.53. The van der Waals surface area contributed by atoms with Gasteiger partial charge in [0, 0.05) is 18.0 Å². The third kappa shape index (κ3) is 1.75. The molecule has 0 saturated heterocycles. The normalized spacial score (nSPS) is 10.1. The SMILES string of the molecule is COc1ccc(C(=O)n2ccnc2)cc1N. The van der Waals surface area contributed by atoms with E-state index in [9.17, 15) is 4.79 Å². The Hall–Kier alpha value is -2.30. The fraction of sp³-hybridized carbons (Fsp3) is 0.0909. The van der Waals surface area contributed by atoms with Gasteiger partial charge in [-0.2, -0.15) is 0 Å². The second-order valence-electron chi connectivity index (χ2n) is 3.23. The highest BCUT2D eigenvalue weighted by atomic mass is 16.5. The maximum absolute atomic E-state index is 11.9. The number of nitrogens with zero attached hydrogens (tertiary/aromatic N) is 2. The molecule has 1 aromatic heterocycles. The lowest BCUT2D eigenvalue weighted by Crippen LogP contribution is -2.10. The molecule has 0 radical (unpaired) electrons. The fourth-order valence-electron chi connectivity index (χ4n) is 1.40. The van der Waals surface area contributed by atoms with Crippen molar-refractivity contribution in [3.05, 3.63) is 42.5 Å². The van der Waals surface area contributed by atoms with E-state index in [1.807, 2.05) is 0 Å². The summed E-state index contributed by atoms with van der Waals surface area (Å²) in [6, 6.07) is 4.91.